The summed E-state index contributed by atoms with van der Waals surface area (Å²) in [5, 5.41) is 9.47. The first kappa shape index (κ1) is 24.3. The third-order valence-corrected chi connectivity index (χ3v) is 7.88. The fourth-order valence-corrected chi connectivity index (χ4v) is 5.92. The monoisotopic (exact) mass is 493 g/mol. The Morgan fingerprint density at radius 1 is 1.17 bits per heavy atom. The van der Waals surface area contributed by atoms with E-state index in [0.29, 0.717) is 37.9 Å². The van der Waals surface area contributed by atoms with Crippen LogP contribution in [0.5, 0.6) is 0 Å². The van der Waals surface area contributed by atoms with Crippen LogP contribution in [0.4, 0.5) is 9.18 Å². The number of ether oxygens (including phenoxy) is 1. The van der Waals surface area contributed by atoms with E-state index < -0.39 is 5.97 Å². The molecule has 5 rings (SSSR count). The first-order valence-electron chi connectivity index (χ1n) is 12.7. The summed E-state index contributed by atoms with van der Waals surface area (Å²) >= 11 is 0. The molecule has 0 bridgehead atoms. The summed E-state index contributed by atoms with van der Waals surface area (Å²) in [6.45, 7) is 3.12. The van der Waals surface area contributed by atoms with E-state index in [2.05, 4.69) is 23.6 Å². The van der Waals surface area contributed by atoms with E-state index in [1.54, 1.807) is 11.0 Å². The van der Waals surface area contributed by atoms with Gasteiger partial charge in [0.15, 0.2) is 0 Å². The van der Waals surface area contributed by atoms with Crippen LogP contribution in [-0.4, -0.2) is 45.3 Å². The fourth-order valence-electron chi connectivity index (χ4n) is 5.92. The van der Waals surface area contributed by atoms with Crippen molar-refractivity contribution in [3.8, 4) is 0 Å². The number of carbonyl (C=O) groups excluding carboxylic acids is 1. The number of hydrogen-bond acceptors (Lipinski definition) is 4. The van der Waals surface area contributed by atoms with Crippen LogP contribution < -0.4 is 0 Å². The zero-order valence-electron chi connectivity index (χ0n) is 20.7. The molecule has 36 heavy (non-hydrogen) atoms. The highest BCUT2D eigenvalue weighted by Crippen LogP contribution is 2.40. The molecule has 0 spiro atoms. The van der Waals surface area contributed by atoms with Crippen molar-refractivity contribution >= 4 is 23.1 Å². The van der Waals surface area contributed by atoms with E-state index in [-0.39, 0.29) is 29.8 Å². The van der Waals surface area contributed by atoms with Crippen LogP contribution in [0, 0.1) is 11.7 Å². The van der Waals surface area contributed by atoms with Gasteiger partial charge in [0, 0.05) is 24.1 Å². The summed E-state index contributed by atoms with van der Waals surface area (Å²) in [7, 11) is 1.39. The van der Waals surface area contributed by atoms with Crippen molar-refractivity contribution in [2.24, 2.45) is 5.92 Å². The first-order chi connectivity index (χ1) is 17.4. The van der Waals surface area contributed by atoms with E-state index in [9.17, 15) is 19.1 Å². The predicted octanol–water partition coefficient (Wildman–Crippen LogP) is 5.46. The molecule has 1 aliphatic heterocycles. The summed E-state index contributed by atoms with van der Waals surface area (Å²) in [6, 6.07) is 11.0. The molecule has 1 aromatic heterocycles. The summed E-state index contributed by atoms with van der Waals surface area (Å²) in [5.41, 5.74) is 4.70. The highest BCUT2D eigenvalue weighted by molar-refractivity contribution is 5.82. The molecule has 1 fully saturated rings. The molecular formula is C28H32FN3O4. The standard InChI is InChI=1S/C28H32FN3O4/c1-17(15-21-5-3-4-6-23(21)29)32-24-12-11-18-13-14-31(28(35)36-2)16-22(18)25(24)30-26(32)19-7-9-20(10-8-19)27(33)34/h3-6,11-12,17,19-20H,7-10,13-16H2,1-2H3,(H,33,34)/t17-,19?,20?/m1/s1. The number of carboxylic acids is 1. The maximum Gasteiger partial charge on any atom is 0.409 e. The molecule has 0 unspecified atom stereocenters. The Morgan fingerprint density at radius 3 is 2.61 bits per heavy atom. The van der Waals surface area contributed by atoms with E-state index in [0.717, 1.165) is 41.7 Å². The van der Waals surface area contributed by atoms with E-state index >= 15 is 0 Å². The quantitative estimate of drug-likeness (QED) is 0.510. The zero-order valence-corrected chi connectivity index (χ0v) is 20.7. The van der Waals surface area contributed by atoms with Gasteiger partial charge < -0.3 is 19.3 Å². The Morgan fingerprint density at radius 2 is 1.92 bits per heavy atom. The number of hydrogen-bond donors (Lipinski definition) is 1. The third kappa shape index (κ3) is 4.45. The van der Waals surface area contributed by atoms with Gasteiger partial charge in [-0.3, -0.25) is 4.79 Å². The lowest BCUT2D eigenvalue weighted by Gasteiger charge is -2.28. The Hall–Kier alpha value is -3.42. The number of aromatic nitrogens is 2. The van der Waals surface area contributed by atoms with Crippen LogP contribution in [-0.2, 0) is 28.9 Å². The smallest absolute Gasteiger partial charge is 0.409 e. The van der Waals surface area contributed by atoms with Crippen molar-refractivity contribution in [2.75, 3.05) is 13.7 Å². The van der Waals surface area contributed by atoms with Gasteiger partial charge in [-0.25, -0.2) is 14.2 Å². The maximum atomic E-state index is 14.5. The molecule has 1 aliphatic carbocycles. The molecule has 190 valence electrons. The Bertz CT molecular complexity index is 1300. The van der Waals surface area contributed by atoms with Crippen molar-refractivity contribution in [1.82, 2.24) is 14.5 Å². The fraction of sp³-hybridized carbons (Fsp3) is 0.464. The normalized spacial score (nSPS) is 20.7. The number of imidazole rings is 1. The molecule has 1 atom stereocenters. The molecule has 2 aromatic carbocycles. The minimum atomic E-state index is -0.730. The van der Waals surface area contributed by atoms with Crippen LogP contribution >= 0.6 is 0 Å². The number of rotatable bonds is 5. The number of methoxy groups -OCH3 is 1. The number of halogens is 1. The second-order valence-corrected chi connectivity index (χ2v) is 10.1. The summed E-state index contributed by atoms with van der Waals surface area (Å²) < 4.78 is 21.7. The van der Waals surface area contributed by atoms with Gasteiger partial charge in [0.1, 0.15) is 11.6 Å². The third-order valence-electron chi connectivity index (χ3n) is 7.88. The molecule has 2 heterocycles. The Labute approximate surface area is 209 Å². The molecule has 0 saturated heterocycles. The van der Waals surface area contributed by atoms with Gasteiger partial charge in [0.2, 0.25) is 0 Å². The number of benzene rings is 2. The lowest BCUT2D eigenvalue weighted by Crippen LogP contribution is -2.35. The molecule has 8 heteroatoms. The van der Waals surface area contributed by atoms with Crippen molar-refractivity contribution in [3.63, 3.8) is 0 Å². The van der Waals surface area contributed by atoms with Crippen LogP contribution in [0.1, 0.15) is 67.1 Å². The second kappa shape index (κ2) is 9.91. The largest absolute Gasteiger partial charge is 0.481 e. The first-order valence-corrected chi connectivity index (χ1v) is 12.7. The lowest BCUT2D eigenvalue weighted by molar-refractivity contribution is -0.142. The summed E-state index contributed by atoms with van der Waals surface area (Å²) in [5.74, 6) is -0.195. The van der Waals surface area contributed by atoms with E-state index in [4.69, 9.17) is 9.72 Å². The van der Waals surface area contributed by atoms with Gasteiger partial charge in [0.25, 0.3) is 0 Å². The molecular weight excluding hydrogens is 461 g/mol. The Balaban J connectivity index is 1.57. The number of aliphatic carboxylic acids is 1. The van der Waals surface area contributed by atoms with Crippen LogP contribution in [0.15, 0.2) is 36.4 Å². The number of carbonyl (C=O) groups is 2. The topological polar surface area (TPSA) is 84.7 Å². The van der Waals surface area contributed by atoms with Crippen LogP contribution in [0.2, 0.25) is 0 Å². The SMILES string of the molecule is COC(=O)N1CCc2ccc3c(nc(C4CCC(C(=O)O)CC4)n3[C@H](C)Cc3ccccc3F)c2C1. The van der Waals surface area contributed by atoms with Gasteiger partial charge in [-0.1, -0.05) is 24.3 Å². The Kier molecular flexibility index (Phi) is 6.69. The molecule has 3 aromatic rings. The molecule has 0 radical (unpaired) electrons. The van der Waals surface area contributed by atoms with E-state index in [1.807, 2.05) is 12.1 Å². The minimum absolute atomic E-state index is 0.0579. The number of amides is 1. The molecule has 7 nitrogen and oxygen atoms in total. The minimum Gasteiger partial charge on any atom is -0.481 e. The van der Waals surface area contributed by atoms with E-state index in [1.165, 1.54) is 18.7 Å². The van der Waals surface area contributed by atoms with Crippen LogP contribution in [0.3, 0.4) is 0 Å². The van der Waals surface area contributed by atoms with Gasteiger partial charge in [0.05, 0.1) is 30.6 Å². The zero-order chi connectivity index (χ0) is 25.4. The highest BCUT2D eigenvalue weighted by Gasteiger charge is 2.32. The highest BCUT2D eigenvalue weighted by atomic mass is 19.1. The number of carboxylic acid groups (broad SMARTS) is 1. The van der Waals surface area contributed by atoms with Gasteiger partial charge >= 0.3 is 12.1 Å². The average molecular weight is 494 g/mol. The van der Waals surface area contributed by atoms with Crippen molar-refractivity contribution in [1.29, 1.82) is 0 Å². The molecule has 1 amide bonds. The number of nitrogens with zero attached hydrogens (tertiary/aromatic N) is 3. The van der Waals surface area contributed by atoms with Gasteiger partial charge in [-0.2, -0.15) is 0 Å². The lowest BCUT2D eigenvalue weighted by atomic mass is 9.81. The average Bonchev–Trinajstić information content (AvgIpc) is 3.29. The second-order valence-electron chi connectivity index (χ2n) is 10.1. The number of fused-ring (bicyclic) bond motifs is 3. The van der Waals surface area contributed by atoms with Crippen molar-refractivity contribution < 1.29 is 23.8 Å². The maximum absolute atomic E-state index is 14.5. The van der Waals surface area contributed by atoms with Gasteiger partial charge in [-0.05, 0) is 68.7 Å². The summed E-state index contributed by atoms with van der Waals surface area (Å²) in [6.07, 6.45) is 3.65. The molecule has 2 aliphatic rings. The molecule has 1 N–H and O–H groups in total. The van der Waals surface area contributed by atoms with Gasteiger partial charge in [-0.15, -0.1) is 0 Å². The van der Waals surface area contributed by atoms with Crippen LogP contribution in [0.25, 0.3) is 11.0 Å². The predicted molar refractivity (Wildman–Crippen MR) is 133 cm³/mol. The molecule has 1 saturated carbocycles. The van der Waals surface area contributed by atoms with Crippen molar-refractivity contribution in [2.45, 2.75) is 64.0 Å². The van der Waals surface area contributed by atoms with Crippen molar-refractivity contribution in [3.05, 3.63) is 64.7 Å². The summed E-state index contributed by atoms with van der Waals surface area (Å²) in [4.78, 5) is 30.6.